The summed E-state index contributed by atoms with van der Waals surface area (Å²) in [7, 11) is -2.17. The van der Waals surface area contributed by atoms with Crippen molar-refractivity contribution in [3.63, 3.8) is 0 Å². The number of rotatable bonds is 7. The van der Waals surface area contributed by atoms with Crippen LogP contribution in [0.25, 0.3) is 0 Å². The van der Waals surface area contributed by atoms with Gasteiger partial charge in [-0.1, -0.05) is 0 Å². The molecule has 10 nitrogen and oxygen atoms in total. The number of hydrogen-bond donors (Lipinski definition) is 3. The zero-order chi connectivity index (χ0) is 19.3. The van der Waals surface area contributed by atoms with Crippen LogP contribution in [0.5, 0.6) is 0 Å². The van der Waals surface area contributed by atoms with Crippen LogP contribution >= 0.6 is 0 Å². The Bertz CT molecular complexity index is 783. The van der Waals surface area contributed by atoms with E-state index in [-0.39, 0.29) is 35.5 Å². The maximum Gasteiger partial charge on any atom is 0.293 e. The molecule has 1 saturated heterocycles. The molecule has 4 N–H and O–H groups in total. The lowest BCUT2D eigenvalue weighted by Gasteiger charge is -2.32. The van der Waals surface area contributed by atoms with Crippen molar-refractivity contribution in [1.29, 1.82) is 0 Å². The highest BCUT2D eigenvalue weighted by Gasteiger charge is 2.23. The molecule has 1 fully saturated rings. The van der Waals surface area contributed by atoms with E-state index in [1.54, 1.807) is 4.90 Å². The number of piperidine rings is 1. The molecular weight excluding hydrogens is 362 g/mol. The lowest BCUT2D eigenvalue weighted by atomic mass is 10.1. The first kappa shape index (κ1) is 20.1. The predicted molar refractivity (Wildman–Crippen MR) is 96.2 cm³/mol. The Labute approximate surface area is 151 Å². The van der Waals surface area contributed by atoms with Gasteiger partial charge in [0.2, 0.25) is 15.9 Å². The highest BCUT2D eigenvalue weighted by molar-refractivity contribution is 7.89. The number of carbonyl (C=O) groups excluding carboxylic acids is 1. The number of carbonyl (C=O) groups is 1. The first-order valence-electron chi connectivity index (χ1n) is 8.22. The van der Waals surface area contributed by atoms with Gasteiger partial charge in [-0.3, -0.25) is 14.9 Å². The molecule has 144 valence electrons. The zero-order valence-corrected chi connectivity index (χ0v) is 15.3. The predicted octanol–water partition coefficient (Wildman–Crippen LogP) is 0.255. The Hall–Kier alpha value is -2.24. The molecule has 1 atom stereocenters. The molecule has 2 rings (SSSR count). The lowest BCUT2D eigenvalue weighted by Crippen LogP contribution is -2.47. The summed E-state index contributed by atoms with van der Waals surface area (Å²) in [6, 6.07) is 3.66. The minimum atomic E-state index is -4.03. The minimum absolute atomic E-state index is 0.0266. The molecule has 0 aliphatic carbocycles. The molecule has 0 spiro atoms. The molecule has 1 unspecified atom stereocenters. The van der Waals surface area contributed by atoms with Crippen molar-refractivity contribution in [2.45, 2.75) is 30.2 Å². The standard InChI is InChI=1S/C15H23N5O5S/c1-17-11-3-2-8-19(10-11)15(21)6-7-18-13-5-4-12(26(16,24)25)9-14(13)20(22)23/h4-5,9,11,17-18H,2-3,6-8,10H2,1H3,(H2,16,24,25). The molecule has 1 aromatic carbocycles. The average Bonchev–Trinajstić information content (AvgIpc) is 2.60. The molecule has 0 saturated carbocycles. The van der Waals surface area contributed by atoms with E-state index in [1.165, 1.54) is 12.1 Å². The van der Waals surface area contributed by atoms with Gasteiger partial charge in [-0.05, 0) is 32.0 Å². The molecule has 1 aliphatic heterocycles. The Morgan fingerprint density at radius 1 is 1.46 bits per heavy atom. The Morgan fingerprint density at radius 2 is 2.19 bits per heavy atom. The number of anilines is 1. The van der Waals surface area contributed by atoms with E-state index >= 15 is 0 Å². The van der Waals surface area contributed by atoms with E-state index < -0.39 is 20.6 Å². The number of hydrogen-bond acceptors (Lipinski definition) is 7. The van der Waals surface area contributed by atoms with E-state index in [1.807, 2.05) is 7.05 Å². The smallest absolute Gasteiger partial charge is 0.293 e. The molecule has 0 bridgehead atoms. The van der Waals surface area contributed by atoms with Crippen LogP contribution in [0.3, 0.4) is 0 Å². The Morgan fingerprint density at radius 3 is 2.81 bits per heavy atom. The lowest BCUT2D eigenvalue weighted by molar-refractivity contribution is -0.384. The van der Waals surface area contributed by atoms with Gasteiger partial charge in [-0.2, -0.15) is 0 Å². The van der Waals surface area contributed by atoms with Crippen molar-refractivity contribution in [2.75, 3.05) is 32.0 Å². The molecule has 0 radical (unpaired) electrons. The van der Waals surface area contributed by atoms with Gasteiger partial charge in [0.15, 0.2) is 0 Å². The second-order valence-electron chi connectivity index (χ2n) is 6.13. The first-order valence-corrected chi connectivity index (χ1v) is 9.77. The molecule has 1 heterocycles. The Balaban J connectivity index is 1.98. The second kappa shape index (κ2) is 8.43. The van der Waals surface area contributed by atoms with Crippen molar-refractivity contribution in [3.8, 4) is 0 Å². The molecule has 1 amide bonds. The van der Waals surface area contributed by atoms with Crippen molar-refractivity contribution < 1.29 is 18.1 Å². The number of nitro groups is 1. The third-order valence-corrected chi connectivity index (χ3v) is 5.24. The van der Waals surface area contributed by atoms with Gasteiger partial charge in [0.05, 0.1) is 9.82 Å². The fourth-order valence-corrected chi connectivity index (χ4v) is 3.42. The van der Waals surface area contributed by atoms with Crippen LogP contribution in [0.4, 0.5) is 11.4 Å². The number of nitro benzene ring substituents is 1. The largest absolute Gasteiger partial charge is 0.379 e. The van der Waals surface area contributed by atoms with Crippen LogP contribution in [-0.2, 0) is 14.8 Å². The SMILES string of the molecule is CNC1CCCN(C(=O)CCNc2ccc(S(N)(=O)=O)cc2[N+](=O)[O-])C1. The molecule has 1 aliphatic rings. The maximum absolute atomic E-state index is 12.3. The normalized spacial score (nSPS) is 17.8. The highest BCUT2D eigenvalue weighted by atomic mass is 32.2. The van der Waals surface area contributed by atoms with E-state index in [4.69, 9.17) is 5.14 Å². The third-order valence-electron chi connectivity index (χ3n) is 4.33. The third kappa shape index (κ3) is 5.13. The average molecular weight is 385 g/mol. The summed E-state index contributed by atoms with van der Waals surface area (Å²) in [5.41, 5.74) is -0.265. The number of nitrogens with zero attached hydrogens (tertiary/aromatic N) is 2. The summed E-state index contributed by atoms with van der Waals surface area (Å²) in [5.74, 6) is -0.0266. The van der Waals surface area contributed by atoms with Crippen LogP contribution < -0.4 is 15.8 Å². The van der Waals surface area contributed by atoms with Crippen molar-refractivity contribution in [1.82, 2.24) is 10.2 Å². The van der Waals surface area contributed by atoms with Crippen LogP contribution in [0.15, 0.2) is 23.1 Å². The molecule has 11 heteroatoms. The monoisotopic (exact) mass is 385 g/mol. The van der Waals surface area contributed by atoms with Gasteiger partial charge in [-0.15, -0.1) is 0 Å². The molecule has 0 aromatic heterocycles. The number of primary sulfonamides is 1. The number of amides is 1. The molecular formula is C15H23N5O5S. The van der Waals surface area contributed by atoms with Crippen LogP contribution in [0.1, 0.15) is 19.3 Å². The van der Waals surface area contributed by atoms with E-state index in [0.29, 0.717) is 13.1 Å². The fourth-order valence-electron chi connectivity index (χ4n) is 2.89. The van der Waals surface area contributed by atoms with Crippen LogP contribution in [-0.4, -0.2) is 56.9 Å². The van der Waals surface area contributed by atoms with E-state index in [0.717, 1.165) is 18.9 Å². The molecule has 26 heavy (non-hydrogen) atoms. The van der Waals surface area contributed by atoms with Gasteiger partial charge in [0.1, 0.15) is 5.69 Å². The van der Waals surface area contributed by atoms with Gasteiger partial charge < -0.3 is 15.5 Å². The van der Waals surface area contributed by atoms with E-state index in [2.05, 4.69) is 10.6 Å². The summed E-state index contributed by atoms with van der Waals surface area (Å²) in [6.07, 6.45) is 2.15. The maximum atomic E-state index is 12.3. The van der Waals surface area contributed by atoms with Gasteiger partial charge in [0.25, 0.3) is 5.69 Å². The first-order chi connectivity index (χ1) is 12.2. The summed E-state index contributed by atoms with van der Waals surface area (Å²) in [4.78, 5) is 24.2. The number of nitrogens with one attached hydrogen (secondary N) is 2. The van der Waals surface area contributed by atoms with Crippen molar-refractivity contribution >= 4 is 27.3 Å². The second-order valence-corrected chi connectivity index (χ2v) is 7.69. The fraction of sp³-hybridized carbons (Fsp3) is 0.533. The molecule has 1 aromatic rings. The highest BCUT2D eigenvalue weighted by Crippen LogP contribution is 2.27. The van der Waals surface area contributed by atoms with Crippen LogP contribution in [0.2, 0.25) is 0 Å². The number of sulfonamides is 1. The van der Waals surface area contributed by atoms with Crippen molar-refractivity contribution in [3.05, 3.63) is 28.3 Å². The summed E-state index contributed by atoms with van der Waals surface area (Å²) in [5, 5.41) is 22.1. The minimum Gasteiger partial charge on any atom is -0.379 e. The van der Waals surface area contributed by atoms with Gasteiger partial charge in [-0.25, -0.2) is 13.6 Å². The van der Waals surface area contributed by atoms with E-state index in [9.17, 15) is 23.3 Å². The number of nitrogens with two attached hydrogens (primary N) is 1. The summed E-state index contributed by atoms with van der Waals surface area (Å²) in [6.45, 7) is 1.56. The van der Waals surface area contributed by atoms with Gasteiger partial charge >= 0.3 is 0 Å². The number of likely N-dealkylation sites (N-methyl/N-ethyl adjacent to an activating group) is 1. The summed E-state index contributed by atoms with van der Waals surface area (Å²) < 4.78 is 22.7. The van der Waals surface area contributed by atoms with Crippen LogP contribution in [0, 0.1) is 10.1 Å². The van der Waals surface area contributed by atoms with Gasteiger partial charge in [0, 0.05) is 38.2 Å². The quantitative estimate of drug-likeness (QED) is 0.450. The van der Waals surface area contributed by atoms with Crippen molar-refractivity contribution in [2.24, 2.45) is 5.14 Å². The zero-order valence-electron chi connectivity index (χ0n) is 14.5. The number of benzene rings is 1. The number of likely N-dealkylation sites (tertiary alicyclic amines) is 1. The summed E-state index contributed by atoms with van der Waals surface area (Å²) >= 11 is 0. The Kier molecular flexibility index (Phi) is 6.51. The topological polar surface area (TPSA) is 148 Å².